The van der Waals surface area contributed by atoms with Gasteiger partial charge in [0.25, 0.3) is 5.56 Å². The lowest BCUT2D eigenvalue weighted by molar-refractivity contribution is -0.130. The van der Waals surface area contributed by atoms with Gasteiger partial charge in [-0.3, -0.25) is 19.5 Å². The predicted molar refractivity (Wildman–Crippen MR) is 172 cm³/mol. The number of anilines is 1. The molecule has 0 radical (unpaired) electrons. The Bertz CT molecular complexity index is 1570. The van der Waals surface area contributed by atoms with Gasteiger partial charge < -0.3 is 25.8 Å². The summed E-state index contributed by atoms with van der Waals surface area (Å²) in [5.41, 5.74) is 0.814. The number of carbonyl (C=O) groups excluding carboxylic acids is 3. The highest BCUT2D eigenvalue weighted by Gasteiger charge is 2.30. The molecule has 13 heteroatoms. The maximum absolute atomic E-state index is 13.5. The molecule has 1 saturated carbocycles. The molecule has 0 bridgehead atoms. The number of benzene rings is 2. The van der Waals surface area contributed by atoms with E-state index in [1.807, 2.05) is 45.0 Å². The quantitative estimate of drug-likeness (QED) is 0.208. The highest BCUT2D eigenvalue weighted by molar-refractivity contribution is 9.10. The number of alkyl carbamates (subject to hydrolysis) is 1. The second-order valence-electron chi connectivity index (χ2n) is 12.2. The second-order valence-corrected chi connectivity index (χ2v) is 13.1. The van der Waals surface area contributed by atoms with Gasteiger partial charge in [0.2, 0.25) is 11.8 Å². The topological polar surface area (TPSA) is 172 Å². The number of hydrogen-bond acceptors (Lipinski definition) is 6. The molecule has 1 aromatic heterocycles. The molecule has 12 nitrogen and oxygen atoms in total. The largest absolute Gasteiger partial charge is 0.463 e. The Morgan fingerprint density at radius 3 is 2.27 bits per heavy atom. The molecule has 4 rings (SSSR count). The molecule has 3 amide bonds. The lowest BCUT2D eigenvalue weighted by Gasteiger charge is -2.29. The van der Waals surface area contributed by atoms with Crippen LogP contribution in [0.3, 0.4) is 0 Å². The zero-order valence-corrected chi connectivity index (χ0v) is 27.0. The van der Waals surface area contributed by atoms with Crippen molar-refractivity contribution in [3.63, 3.8) is 0 Å². The summed E-state index contributed by atoms with van der Waals surface area (Å²) >= 11 is 3.42. The summed E-state index contributed by atoms with van der Waals surface area (Å²) in [4.78, 5) is 62.0. The molecule has 0 saturated heterocycles. The molecule has 1 heterocycles. The van der Waals surface area contributed by atoms with E-state index in [0.717, 1.165) is 27.6 Å². The SMILES string of the molecule is CC(C)(C)OC(=O)NC[C@H]1CC[C@H](C(=O)N[C@@H](Cc2ccc(Br)cc2)C(=O)Nc2ccc(-c3cc(=O)[nH]n3C(=O)O)cc2)CC1. The Hall–Kier alpha value is -4.39. The standard InChI is InChI=1S/C32H38BrN5O7/c1-32(2,3)45-30(42)34-18-20-4-8-22(9-5-20)28(40)36-25(16-19-6-12-23(33)13-7-19)29(41)35-24-14-10-21(11-15-24)26-17-27(39)37-38(26)31(43)44/h6-7,10-15,17,20,22,25H,4-5,8-9,16,18H2,1-3H3,(H,34,42)(H,35,41)(H,36,40)(H,37,39)(H,43,44)/t20-,22-,25-/m0/s1. The van der Waals surface area contributed by atoms with Crippen LogP contribution in [0.5, 0.6) is 0 Å². The van der Waals surface area contributed by atoms with E-state index in [9.17, 15) is 29.1 Å². The van der Waals surface area contributed by atoms with Crippen molar-refractivity contribution in [1.82, 2.24) is 20.4 Å². The maximum atomic E-state index is 13.5. The minimum atomic E-state index is -1.33. The summed E-state index contributed by atoms with van der Waals surface area (Å²) < 4.78 is 6.92. The molecule has 0 unspecified atom stereocenters. The maximum Gasteiger partial charge on any atom is 0.431 e. The molecule has 3 aromatic rings. The lowest BCUT2D eigenvalue weighted by atomic mass is 9.81. The van der Waals surface area contributed by atoms with Crippen LogP contribution in [0, 0.1) is 11.8 Å². The average molecular weight is 685 g/mol. The van der Waals surface area contributed by atoms with Gasteiger partial charge in [0.15, 0.2) is 0 Å². The monoisotopic (exact) mass is 683 g/mol. The van der Waals surface area contributed by atoms with Gasteiger partial charge in [0.1, 0.15) is 11.6 Å². The van der Waals surface area contributed by atoms with Crippen LogP contribution < -0.4 is 21.5 Å². The Morgan fingerprint density at radius 2 is 1.67 bits per heavy atom. The van der Waals surface area contributed by atoms with Gasteiger partial charge >= 0.3 is 12.2 Å². The third-order valence-corrected chi connectivity index (χ3v) is 8.04. The number of carboxylic acid groups (broad SMARTS) is 1. The van der Waals surface area contributed by atoms with Crippen LogP contribution >= 0.6 is 15.9 Å². The smallest absolute Gasteiger partial charge is 0.431 e. The third kappa shape index (κ3) is 9.80. The highest BCUT2D eigenvalue weighted by Crippen LogP contribution is 2.29. The Balaban J connectivity index is 1.39. The lowest BCUT2D eigenvalue weighted by Crippen LogP contribution is -2.48. The van der Waals surface area contributed by atoms with Gasteiger partial charge in [-0.05, 0) is 82.2 Å². The number of halogens is 1. The van der Waals surface area contributed by atoms with Gasteiger partial charge in [-0.2, -0.15) is 4.68 Å². The van der Waals surface area contributed by atoms with E-state index in [-0.39, 0.29) is 29.9 Å². The van der Waals surface area contributed by atoms with Crippen molar-refractivity contribution in [3.8, 4) is 11.3 Å². The third-order valence-electron chi connectivity index (χ3n) is 7.51. The molecule has 5 N–H and O–H groups in total. The first-order valence-electron chi connectivity index (χ1n) is 14.8. The highest BCUT2D eigenvalue weighted by atomic mass is 79.9. The molecule has 240 valence electrons. The molecule has 2 aromatic carbocycles. The van der Waals surface area contributed by atoms with Gasteiger partial charge in [0, 0.05) is 40.7 Å². The number of hydrogen-bond donors (Lipinski definition) is 5. The first-order valence-corrected chi connectivity index (χ1v) is 15.5. The van der Waals surface area contributed by atoms with E-state index in [1.165, 1.54) is 6.07 Å². The summed E-state index contributed by atoms with van der Waals surface area (Å²) in [5.74, 6) is -0.614. The first kappa shape index (κ1) is 33.5. The predicted octanol–water partition coefficient (Wildman–Crippen LogP) is 5.13. The summed E-state index contributed by atoms with van der Waals surface area (Å²) in [5, 5.41) is 20.2. The Morgan fingerprint density at radius 1 is 1.02 bits per heavy atom. The van der Waals surface area contributed by atoms with Gasteiger partial charge in [-0.1, -0.05) is 40.2 Å². The molecule has 1 atom stereocenters. The van der Waals surface area contributed by atoms with E-state index in [4.69, 9.17) is 4.74 Å². The van der Waals surface area contributed by atoms with Crippen LogP contribution in [-0.4, -0.2) is 57.1 Å². The Kier molecular flexibility index (Phi) is 10.9. The van der Waals surface area contributed by atoms with E-state index in [1.54, 1.807) is 24.3 Å². The number of ether oxygens (including phenoxy) is 1. The summed E-state index contributed by atoms with van der Waals surface area (Å²) in [6, 6.07) is 14.2. The zero-order valence-electron chi connectivity index (χ0n) is 25.4. The van der Waals surface area contributed by atoms with Crippen LogP contribution in [0.1, 0.15) is 52.0 Å². The second kappa shape index (κ2) is 14.6. The molecule has 0 spiro atoms. The van der Waals surface area contributed by atoms with Crippen LogP contribution in [-0.2, 0) is 20.7 Å². The number of carbonyl (C=O) groups is 4. The molecule has 1 fully saturated rings. The van der Waals surface area contributed by atoms with Gasteiger partial charge in [-0.25, -0.2) is 9.59 Å². The van der Waals surface area contributed by atoms with Crippen molar-refractivity contribution in [1.29, 1.82) is 0 Å². The van der Waals surface area contributed by atoms with Crippen molar-refractivity contribution in [2.45, 2.75) is 64.5 Å². The number of H-pyrrole nitrogens is 1. The van der Waals surface area contributed by atoms with E-state index < -0.39 is 35.3 Å². The minimum Gasteiger partial charge on any atom is -0.463 e. The molecule has 0 aliphatic heterocycles. The summed E-state index contributed by atoms with van der Waals surface area (Å²) in [7, 11) is 0. The summed E-state index contributed by atoms with van der Waals surface area (Å²) in [6.07, 6.45) is 1.29. The first-order chi connectivity index (χ1) is 21.3. The number of nitrogens with one attached hydrogen (secondary N) is 4. The number of aromatic nitrogens is 2. The molecular formula is C32H38BrN5O7. The van der Waals surface area contributed by atoms with Crippen LogP contribution in [0.2, 0.25) is 0 Å². The number of amides is 3. The van der Waals surface area contributed by atoms with E-state index in [0.29, 0.717) is 30.6 Å². The molecule has 45 heavy (non-hydrogen) atoms. The molecule has 1 aliphatic carbocycles. The van der Waals surface area contributed by atoms with Crippen molar-refractivity contribution in [3.05, 3.63) is 75.0 Å². The van der Waals surface area contributed by atoms with Gasteiger partial charge in [0.05, 0.1) is 5.69 Å². The van der Waals surface area contributed by atoms with E-state index >= 15 is 0 Å². The fourth-order valence-corrected chi connectivity index (χ4v) is 5.50. The van der Waals surface area contributed by atoms with Crippen molar-refractivity contribution in [2.75, 3.05) is 11.9 Å². The van der Waals surface area contributed by atoms with E-state index in [2.05, 4.69) is 37.0 Å². The molecular weight excluding hydrogens is 646 g/mol. The molecule has 1 aliphatic rings. The average Bonchev–Trinajstić information content (AvgIpc) is 3.38. The summed E-state index contributed by atoms with van der Waals surface area (Å²) in [6.45, 7) is 5.91. The Labute approximate surface area is 269 Å². The number of rotatable bonds is 9. The van der Waals surface area contributed by atoms with Gasteiger partial charge in [-0.15, -0.1) is 0 Å². The van der Waals surface area contributed by atoms with Crippen LogP contribution in [0.25, 0.3) is 11.3 Å². The van der Waals surface area contributed by atoms with Crippen molar-refractivity contribution < 1.29 is 29.0 Å². The van der Waals surface area contributed by atoms with Crippen molar-refractivity contribution in [2.24, 2.45) is 11.8 Å². The normalized spacial score (nSPS) is 17.2. The number of aromatic amines is 1. The van der Waals surface area contributed by atoms with Crippen molar-refractivity contribution >= 4 is 45.6 Å². The zero-order chi connectivity index (χ0) is 32.7. The van der Waals surface area contributed by atoms with Crippen LogP contribution in [0.4, 0.5) is 15.3 Å². The fraction of sp³-hybridized carbons (Fsp3) is 0.406. The minimum absolute atomic E-state index is 0.168. The fourth-order valence-electron chi connectivity index (χ4n) is 5.23. The number of nitrogens with zero attached hydrogens (tertiary/aromatic N) is 1. The van der Waals surface area contributed by atoms with Crippen LogP contribution in [0.15, 0.2) is 63.9 Å².